The Bertz CT molecular complexity index is 1150. The van der Waals surface area contributed by atoms with Gasteiger partial charge in [-0.1, -0.05) is 0 Å². The number of hydrogen-bond donors (Lipinski definition) is 10. The first-order valence-electron chi connectivity index (χ1n) is 14.6. The van der Waals surface area contributed by atoms with Crippen molar-refractivity contribution in [2.24, 2.45) is 0 Å². The van der Waals surface area contributed by atoms with Crippen molar-refractivity contribution < 1.29 is 60.4 Å². The quantitative estimate of drug-likeness (QED) is 0.0803. The van der Waals surface area contributed by atoms with Crippen molar-refractivity contribution in [2.75, 3.05) is 39.4 Å². The fourth-order valence-electron chi connectivity index (χ4n) is 5.53. The van der Waals surface area contributed by atoms with Crippen LogP contribution >= 0.6 is 0 Å². The molecule has 1 aromatic heterocycles. The average Bonchev–Trinajstić information content (AvgIpc) is 3.66. The number of rotatable bonds is 16. The Kier molecular flexibility index (Phi) is 12.8. The Morgan fingerprint density at radius 2 is 1.42 bits per heavy atom. The number of nitrogens with zero attached hydrogens (tertiary/aromatic N) is 4. The predicted octanol–water partition coefficient (Wildman–Crippen LogP) is -4.64. The number of benzene rings is 1. The summed E-state index contributed by atoms with van der Waals surface area (Å²) < 4.78 is 4.14. The number of fused-ring (bicyclic) bond motifs is 1. The molecule has 1 aromatic carbocycles. The lowest BCUT2D eigenvalue weighted by atomic mass is 10.00. The van der Waals surface area contributed by atoms with Gasteiger partial charge in [0.15, 0.2) is 11.0 Å². The first-order valence-corrected chi connectivity index (χ1v) is 14.6. The zero-order chi connectivity index (χ0) is 32.0. The van der Waals surface area contributed by atoms with E-state index in [1.54, 1.807) is 11.0 Å². The van der Waals surface area contributed by atoms with Crippen molar-refractivity contribution in [3.05, 3.63) is 30.1 Å². The van der Waals surface area contributed by atoms with Gasteiger partial charge >= 0.3 is 0 Å². The first-order chi connectivity index (χ1) is 20.4. The summed E-state index contributed by atoms with van der Waals surface area (Å²) in [4.78, 5) is 16.6. The summed E-state index contributed by atoms with van der Waals surface area (Å²) in [6, 6.07) is 4.98. The molecule has 0 aliphatic carbocycles. The topological polar surface area (TPSA) is 235 Å². The van der Waals surface area contributed by atoms with Gasteiger partial charge in [-0.25, -0.2) is 9.13 Å². The molecule has 15 heteroatoms. The molecule has 1 amide bonds. The molecule has 15 nitrogen and oxygen atoms in total. The normalized spacial score (nSPS) is 21.5. The molecule has 1 saturated heterocycles. The van der Waals surface area contributed by atoms with Gasteiger partial charge < -0.3 is 56.0 Å². The van der Waals surface area contributed by atoms with Crippen molar-refractivity contribution in [1.82, 2.24) is 14.4 Å². The van der Waals surface area contributed by atoms with Gasteiger partial charge in [-0.3, -0.25) is 9.69 Å². The van der Waals surface area contributed by atoms with Crippen molar-refractivity contribution >= 4 is 16.9 Å². The molecule has 0 radical (unpaired) electrons. The van der Waals surface area contributed by atoms with E-state index in [1.165, 1.54) is 4.90 Å². The summed E-state index contributed by atoms with van der Waals surface area (Å²) in [7, 11) is 0. The Morgan fingerprint density at radius 1 is 0.884 bits per heavy atom. The number of aliphatic hydroxyl groups is 10. The van der Waals surface area contributed by atoms with Gasteiger partial charge in [-0.2, -0.15) is 0 Å². The van der Waals surface area contributed by atoms with E-state index in [0.29, 0.717) is 18.5 Å². The van der Waals surface area contributed by atoms with Gasteiger partial charge in [-0.15, -0.1) is 0 Å². The first kappa shape index (κ1) is 35.2. The van der Waals surface area contributed by atoms with Crippen molar-refractivity contribution in [1.29, 1.82) is 0 Å². The molecule has 0 bridgehead atoms. The third kappa shape index (κ3) is 8.06. The molecule has 9 atom stereocenters. The number of imidazole rings is 1. The van der Waals surface area contributed by atoms with Gasteiger partial charge in [0.25, 0.3) is 5.91 Å². The number of likely N-dealkylation sites (tertiary alicyclic amines) is 1. The fourth-order valence-corrected chi connectivity index (χ4v) is 5.53. The van der Waals surface area contributed by atoms with E-state index >= 15 is 0 Å². The van der Waals surface area contributed by atoms with Crippen LogP contribution in [0.4, 0.5) is 0 Å². The molecule has 3 rings (SSSR count). The monoisotopic (exact) mass is 615 g/mol. The second-order valence-electron chi connectivity index (χ2n) is 11.1. The van der Waals surface area contributed by atoms with Crippen LogP contribution in [0.5, 0.6) is 0 Å². The summed E-state index contributed by atoms with van der Waals surface area (Å²) in [6.07, 6.45) is -12.0. The second kappa shape index (κ2) is 15.6. The molecule has 1 aliphatic heterocycles. The number of aryl methyl sites for hydroxylation is 2. The van der Waals surface area contributed by atoms with E-state index in [9.17, 15) is 45.6 Å². The lowest BCUT2D eigenvalue weighted by Crippen LogP contribution is -2.55. The maximum Gasteiger partial charge on any atom is 0.254 e. The Hall–Kier alpha value is -2.28. The van der Waals surface area contributed by atoms with E-state index in [-0.39, 0.29) is 12.5 Å². The van der Waals surface area contributed by atoms with Gasteiger partial charge in [0, 0.05) is 43.9 Å². The second-order valence-corrected chi connectivity index (χ2v) is 11.1. The number of aromatic nitrogens is 2. The smallest absolute Gasteiger partial charge is 0.254 e. The minimum Gasteiger partial charge on any atom is -0.394 e. The predicted molar refractivity (Wildman–Crippen MR) is 152 cm³/mol. The van der Waals surface area contributed by atoms with E-state index in [0.717, 1.165) is 24.1 Å². The molecule has 1 aliphatic rings. The van der Waals surface area contributed by atoms with Crippen molar-refractivity contribution in [3.63, 3.8) is 0 Å². The van der Waals surface area contributed by atoms with E-state index in [4.69, 9.17) is 10.2 Å². The highest BCUT2D eigenvalue weighted by molar-refractivity contribution is 5.97. The molecule has 0 unspecified atom stereocenters. The molecule has 0 saturated carbocycles. The van der Waals surface area contributed by atoms with Crippen LogP contribution in [0.25, 0.3) is 11.0 Å². The van der Waals surface area contributed by atoms with Crippen LogP contribution in [0.2, 0.25) is 0 Å². The molecule has 2 heterocycles. The summed E-state index contributed by atoms with van der Waals surface area (Å²) in [6.45, 7) is 3.49. The summed E-state index contributed by atoms with van der Waals surface area (Å²) in [5, 5.41) is 99.8. The molecule has 2 aromatic rings. The van der Waals surface area contributed by atoms with Crippen LogP contribution in [0.1, 0.15) is 30.6 Å². The minimum absolute atomic E-state index is 0.149. The maximum atomic E-state index is 13.5. The number of carbonyl (C=O) groups is 1. The van der Waals surface area contributed by atoms with Gasteiger partial charge in [0.2, 0.25) is 6.33 Å². The van der Waals surface area contributed by atoms with Crippen LogP contribution in [0.15, 0.2) is 24.5 Å². The van der Waals surface area contributed by atoms with Gasteiger partial charge in [-0.05, 0) is 32.4 Å². The van der Waals surface area contributed by atoms with Crippen LogP contribution < -0.4 is 4.57 Å². The van der Waals surface area contributed by atoms with Crippen molar-refractivity contribution in [3.8, 4) is 0 Å². The molecule has 244 valence electrons. The van der Waals surface area contributed by atoms with Crippen LogP contribution in [-0.2, 0) is 13.1 Å². The Morgan fingerprint density at radius 3 is 1.91 bits per heavy atom. The number of amides is 1. The highest BCUT2D eigenvalue weighted by atomic mass is 16.4. The molecular weight excluding hydrogens is 568 g/mol. The Balaban J connectivity index is 1.80. The van der Waals surface area contributed by atoms with E-state index in [1.807, 2.05) is 36.9 Å². The number of aliphatic hydroxyl groups excluding tert-OH is 10. The molecule has 1 fully saturated rings. The summed E-state index contributed by atoms with van der Waals surface area (Å²) >= 11 is 0. The average molecular weight is 616 g/mol. The van der Waals surface area contributed by atoms with Gasteiger partial charge in [0.05, 0.1) is 38.5 Å². The lowest BCUT2D eigenvalue weighted by Gasteiger charge is -2.36. The third-order valence-electron chi connectivity index (χ3n) is 8.26. The zero-order valence-corrected chi connectivity index (χ0v) is 24.5. The third-order valence-corrected chi connectivity index (χ3v) is 8.26. The number of hydrogen-bond acceptors (Lipinski definition) is 12. The lowest BCUT2D eigenvalue weighted by molar-refractivity contribution is -0.668. The SMILES string of the molecule is CCn1c[n+](CC)c2ccc(C(=O)N3CC[C@@H](N(C[C@H](O)[C@@H](O)[C@H](O)[C@H](O)CO)C[C@H](O)[C@@H](O)[C@H](O)[C@H](O)CO)C3)cc21. The van der Waals surface area contributed by atoms with Crippen LogP contribution in [0, 0.1) is 0 Å². The zero-order valence-electron chi connectivity index (χ0n) is 24.5. The molecule has 43 heavy (non-hydrogen) atoms. The van der Waals surface area contributed by atoms with E-state index < -0.39 is 81.2 Å². The fraction of sp³-hybridized carbons (Fsp3) is 0.714. The highest BCUT2D eigenvalue weighted by Crippen LogP contribution is 2.23. The van der Waals surface area contributed by atoms with Gasteiger partial charge in [0.1, 0.15) is 36.6 Å². The Labute approximate surface area is 249 Å². The minimum atomic E-state index is -1.89. The molecule has 0 spiro atoms. The summed E-state index contributed by atoms with van der Waals surface area (Å²) in [5.41, 5.74) is 2.38. The van der Waals surface area contributed by atoms with Crippen molar-refractivity contribution in [2.45, 2.75) is 88.2 Å². The standard InChI is InChI=1S/C28H47N4O11/c1-3-29-15-30(4-2)19-9-16(5-6-18(19)29)28(43)31-8-7-17(10-31)32(11-20(35)24(39)26(41)22(37)13-33)12-21(36)25(40)27(42)23(38)14-34/h5-6,9,15,17,20-27,33-42H,3-4,7-8,10-14H2,1-2H3/q+1/t17-,20+,21+,22-,23-,24-,25-,26-,27-/m1/s1. The van der Waals surface area contributed by atoms with Crippen LogP contribution in [-0.4, -0.2) is 166 Å². The van der Waals surface area contributed by atoms with E-state index in [2.05, 4.69) is 4.57 Å². The maximum absolute atomic E-state index is 13.5. The largest absolute Gasteiger partial charge is 0.394 e. The van der Waals surface area contributed by atoms with Crippen LogP contribution in [0.3, 0.4) is 0 Å². The number of carbonyl (C=O) groups excluding carboxylic acids is 1. The molecular formula is C28H47N4O11+. The summed E-state index contributed by atoms with van der Waals surface area (Å²) in [5.74, 6) is -0.236. The highest BCUT2D eigenvalue weighted by Gasteiger charge is 2.38. The molecule has 10 N–H and O–H groups in total.